The Morgan fingerprint density at radius 1 is 1.17 bits per heavy atom. The zero-order valence-corrected chi connectivity index (χ0v) is 14.0. The Morgan fingerprint density at radius 2 is 1.83 bits per heavy atom. The standard InChI is InChI=1S/C18H17N3O2S/c1-12-7-5-6-10-14(12)21-17(23)15(24-18(21)19)11-16(22)20-13-8-3-2-4-9-13/h2-10,15,19H,11H2,1H3,(H,20,22)/t15-/m1/s1. The number of anilines is 2. The number of hydrogen-bond acceptors (Lipinski definition) is 4. The highest BCUT2D eigenvalue weighted by Crippen LogP contribution is 2.34. The number of rotatable bonds is 4. The summed E-state index contributed by atoms with van der Waals surface area (Å²) >= 11 is 1.12. The van der Waals surface area contributed by atoms with Gasteiger partial charge in [-0.15, -0.1) is 0 Å². The summed E-state index contributed by atoms with van der Waals surface area (Å²) in [6.45, 7) is 1.90. The first kappa shape index (κ1) is 16.3. The van der Waals surface area contributed by atoms with Gasteiger partial charge in [-0.05, 0) is 30.7 Å². The van der Waals surface area contributed by atoms with Crippen molar-refractivity contribution in [2.75, 3.05) is 10.2 Å². The molecule has 2 aromatic carbocycles. The van der Waals surface area contributed by atoms with E-state index in [1.54, 1.807) is 12.1 Å². The molecule has 1 heterocycles. The van der Waals surface area contributed by atoms with Gasteiger partial charge in [0, 0.05) is 12.1 Å². The van der Waals surface area contributed by atoms with E-state index in [1.165, 1.54) is 4.90 Å². The van der Waals surface area contributed by atoms with E-state index in [4.69, 9.17) is 5.41 Å². The van der Waals surface area contributed by atoms with Gasteiger partial charge in [-0.3, -0.25) is 19.9 Å². The molecule has 5 nitrogen and oxygen atoms in total. The van der Waals surface area contributed by atoms with Crippen molar-refractivity contribution >= 4 is 40.1 Å². The predicted molar refractivity (Wildman–Crippen MR) is 97.5 cm³/mol. The van der Waals surface area contributed by atoms with Gasteiger partial charge < -0.3 is 5.32 Å². The second-order valence-corrected chi connectivity index (χ2v) is 6.68. The van der Waals surface area contributed by atoms with Gasteiger partial charge >= 0.3 is 0 Å². The van der Waals surface area contributed by atoms with Crippen LogP contribution in [-0.2, 0) is 9.59 Å². The lowest BCUT2D eigenvalue weighted by atomic mass is 10.1. The number of nitrogens with zero attached hydrogens (tertiary/aromatic N) is 1. The van der Waals surface area contributed by atoms with Crippen LogP contribution in [0.25, 0.3) is 0 Å². The van der Waals surface area contributed by atoms with E-state index in [1.807, 2.05) is 49.4 Å². The number of amides is 2. The van der Waals surface area contributed by atoms with E-state index >= 15 is 0 Å². The van der Waals surface area contributed by atoms with E-state index < -0.39 is 5.25 Å². The number of nitrogens with one attached hydrogen (secondary N) is 2. The fourth-order valence-corrected chi connectivity index (χ4v) is 3.56. The van der Waals surface area contributed by atoms with Crippen molar-refractivity contribution in [3.8, 4) is 0 Å². The highest BCUT2D eigenvalue weighted by molar-refractivity contribution is 8.16. The molecule has 2 aromatic rings. The number of aryl methyl sites for hydroxylation is 1. The van der Waals surface area contributed by atoms with Gasteiger partial charge in [-0.25, -0.2) is 0 Å². The van der Waals surface area contributed by atoms with E-state index in [0.717, 1.165) is 17.3 Å². The zero-order valence-electron chi connectivity index (χ0n) is 13.2. The minimum Gasteiger partial charge on any atom is -0.326 e. The zero-order chi connectivity index (χ0) is 17.1. The average Bonchev–Trinajstić information content (AvgIpc) is 2.83. The van der Waals surface area contributed by atoms with Crippen LogP contribution in [0.15, 0.2) is 54.6 Å². The lowest BCUT2D eigenvalue weighted by molar-refractivity contribution is -0.121. The Labute approximate surface area is 144 Å². The molecule has 1 aliphatic rings. The SMILES string of the molecule is Cc1ccccc1N1C(=N)S[C@H](CC(=O)Nc2ccccc2)C1=O. The molecule has 0 unspecified atom stereocenters. The second-order valence-electron chi connectivity index (χ2n) is 5.49. The van der Waals surface area contributed by atoms with Crippen LogP contribution >= 0.6 is 11.8 Å². The monoisotopic (exact) mass is 339 g/mol. The Kier molecular flexibility index (Phi) is 4.66. The third-order valence-electron chi connectivity index (χ3n) is 3.74. The number of amidine groups is 1. The van der Waals surface area contributed by atoms with E-state index in [9.17, 15) is 9.59 Å². The Bertz CT molecular complexity index is 792. The molecule has 3 rings (SSSR count). The van der Waals surface area contributed by atoms with Gasteiger partial charge in [0.2, 0.25) is 11.8 Å². The molecule has 2 amide bonds. The number of benzene rings is 2. The molecule has 0 spiro atoms. The van der Waals surface area contributed by atoms with Crippen molar-refractivity contribution in [3.63, 3.8) is 0 Å². The number of hydrogen-bond donors (Lipinski definition) is 2. The highest BCUT2D eigenvalue weighted by atomic mass is 32.2. The van der Waals surface area contributed by atoms with Gasteiger partial charge in [-0.2, -0.15) is 0 Å². The molecule has 1 fully saturated rings. The first-order valence-corrected chi connectivity index (χ1v) is 8.44. The predicted octanol–water partition coefficient (Wildman–Crippen LogP) is 3.41. The maximum absolute atomic E-state index is 12.6. The third-order valence-corrected chi connectivity index (χ3v) is 4.80. The van der Waals surface area contributed by atoms with Crippen molar-refractivity contribution < 1.29 is 9.59 Å². The lowest BCUT2D eigenvalue weighted by Gasteiger charge is -2.17. The molecule has 1 atom stereocenters. The van der Waals surface area contributed by atoms with Gasteiger partial charge in [-0.1, -0.05) is 48.2 Å². The summed E-state index contributed by atoms with van der Waals surface area (Å²) in [5.41, 5.74) is 2.32. The van der Waals surface area contributed by atoms with Crippen LogP contribution in [-0.4, -0.2) is 22.2 Å². The summed E-state index contributed by atoms with van der Waals surface area (Å²) in [4.78, 5) is 26.2. The molecule has 0 radical (unpaired) electrons. The topological polar surface area (TPSA) is 73.3 Å². The van der Waals surface area contributed by atoms with Crippen LogP contribution in [0.3, 0.4) is 0 Å². The Morgan fingerprint density at radius 3 is 2.54 bits per heavy atom. The fraction of sp³-hybridized carbons (Fsp3) is 0.167. The van der Waals surface area contributed by atoms with Crippen molar-refractivity contribution in [2.45, 2.75) is 18.6 Å². The summed E-state index contributed by atoms with van der Waals surface area (Å²) in [7, 11) is 0. The van der Waals surface area contributed by atoms with Gasteiger partial charge in [0.25, 0.3) is 0 Å². The number of carbonyl (C=O) groups excluding carboxylic acids is 2. The van der Waals surface area contributed by atoms with Crippen LogP contribution in [0, 0.1) is 12.3 Å². The Hall–Kier alpha value is -2.60. The minimum atomic E-state index is -0.569. The molecule has 1 aliphatic heterocycles. The van der Waals surface area contributed by atoms with E-state index in [2.05, 4.69) is 5.32 Å². The average molecular weight is 339 g/mol. The smallest absolute Gasteiger partial charge is 0.247 e. The quantitative estimate of drug-likeness (QED) is 0.896. The van der Waals surface area contributed by atoms with Crippen molar-refractivity contribution in [1.29, 1.82) is 5.41 Å². The van der Waals surface area contributed by atoms with Gasteiger partial charge in [0.1, 0.15) is 5.25 Å². The highest BCUT2D eigenvalue weighted by Gasteiger charge is 2.39. The van der Waals surface area contributed by atoms with Crippen LogP contribution in [0.2, 0.25) is 0 Å². The molecular weight excluding hydrogens is 322 g/mol. The number of para-hydroxylation sites is 2. The first-order chi connectivity index (χ1) is 11.6. The van der Waals surface area contributed by atoms with Crippen LogP contribution in [0.5, 0.6) is 0 Å². The van der Waals surface area contributed by atoms with Crippen LogP contribution < -0.4 is 10.2 Å². The van der Waals surface area contributed by atoms with E-state index in [0.29, 0.717) is 11.4 Å². The normalized spacial score (nSPS) is 17.2. The molecule has 24 heavy (non-hydrogen) atoms. The first-order valence-electron chi connectivity index (χ1n) is 7.56. The van der Waals surface area contributed by atoms with Crippen LogP contribution in [0.4, 0.5) is 11.4 Å². The minimum absolute atomic E-state index is 0.0448. The molecule has 0 bridgehead atoms. The number of carbonyl (C=O) groups is 2. The number of thioether (sulfide) groups is 1. The molecule has 2 N–H and O–H groups in total. The summed E-state index contributed by atoms with van der Waals surface area (Å²) in [5.74, 6) is -0.450. The molecule has 6 heteroatoms. The molecule has 0 aromatic heterocycles. The fourth-order valence-electron chi connectivity index (χ4n) is 2.56. The molecule has 0 aliphatic carbocycles. The van der Waals surface area contributed by atoms with Crippen LogP contribution in [0.1, 0.15) is 12.0 Å². The largest absolute Gasteiger partial charge is 0.326 e. The summed E-state index contributed by atoms with van der Waals surface area (Å²) in [5, 5.41) is 10.5. The van der Waals surface area contributed by atoms with Crippen molar-refractivity contribution in [3.05, 3.63) is 60.2 Å². The molecular formula is C18H17N3O2S. The lowest BCUT2D eigenvalue weighted by Crippen LogP contribution is -2.33. The van der Waals surface area contributed by atoms with E-state index in [-0.39, 0.29) is 23.4 Å². The van der Waals surface area contributed by atoms with Crippen molar-refractivity contribution in [2.24, 2.45) is 0 Å². The summed E-state index contributed by atoms with van der Waals surface area (Å²) in [6.07, 6.45) is 0.0448. The third kappa shape index (κ3) is 3.33. The summed E-state index contributed by atoms with van der Waals surface area (Å²) in [6, 6.07) is 16.6. The Balaban J connectivity index is 1.70. The molecule has 0 saturated carbocycles. The van der Waals surface area contributed by atoms with Crippen molar-refractivity contribution in [1.82, 2.24) is 0 Å². The summed E-state index contributed by atoms with van der Waals surface area (Å²) < 4.78 is 0. The van der Waals surface area contributed by atoms with Gasteiger partial charge in [0.05, 0.1) is 5.69 Å². The second kappa shape index (κ2) is 6.88. The van der Waals surface area contributed by atoms with Gasteiger partial charge in [0.15, 0.2) is 5.17 Å². The maximum Gasteiger partial charge on any atom is 0.247 e. The maximum atomic E-state index is 12.6. The molecule has 122 valence electrons. The molecule has 1 saturated heterocycles.